The summed E-state index contributed by atoms with van der Waals surface area (Å²) in [6.45, 7) is 1.63. The molecule has 0 radical (unpaired) electrons. The highest BCUT2D eigenvalue weighted by molar-refractivity contribution is 7.20. The van der Waals surface area contributed by atoms with Gasteiger partial charge in [0.2, 0.25) is 0 Å². The van der Waals surface area contributed by atoms with Crippen LogP contribution in [0.1, 0.15) is 25.6 Å². The van der Waals surface area contributed by atoms with E-state index in [0.717, 1.165) is 17.4 Å². The summed E-state index contributed by atoms with van der Waals surface area (Å²) in [6, 6.07) is 5.42. The molecule has 0 bridgehead atoms. The molecule has 0 atom stereocenters. The normalized spacial score (nSPS) is 10.7. The molecule has 0 spiro atoms. The van der Waals surface area contributed by atoms with Gasteiger partial charge in [0.15, 0.2) is 0 Å². The standard InChI is InChI=1S/C16H13FN4O3S/c1-8-11-15(18-7-21(2)16(11)24)25-12(8)14(23)20-19-13(22)9-5-3-4-6-10(9)17/h3-7H,1-2H3,(H,19,22)(H,20,23). The molecule has 2 amide bonds. The molecule has 9 heteroatoms. The third-order valence-electron chi connectivity index (χ3n) is 3.62. The molecule has 0 fully saturated rings. The number of rotatable bonds is 2. The molecule has 7 nitrogen and oxygen atoms in total. The van der Waals surface area contributed by atoms with Crippen molar-refractivity contribution < 1.29 is 14.0 Å². The molecule has 0 saturated heterocycles. The lowest BCUT2D eigenvalue weighted by molar-refractivity contribution is 0.0846. The Bertz CT molecular complexity index is 1060. The van der Waals surface area contributed by atoms with Gasteiger partial charge in [0, 0.05) is 7.05 Å². The van der Waals surface area contributed by atoms with E-state index in [4.69, 9.17) is 0 Å². The molecule has 0 aliphatic rings. The summed E-state index contributed by atoms with van der Waals surface area (Å²) in [5.41, 5.74) is 4.42. The zero-order chi connectivity index (χ0) is 18.1. The third kappa shape index (κ3) is 3.01. The number of hydrogen-bond donors (Lipinski definition) is 2. The number of aromatic nitrogens is 2. The molecule has 25 heavy (non-hydrogen) atoms. The van der Waals surface area contributed by atoms with Crippen LogP contribution in [-0.4, -0.2) is 21.4 Å². The van der Waals surface area contributed by atoms with Crippen LogP contribution in [0.15, 0.2) is 35.4 Å². The van der Waals surface area contributed by atoms with Gasteiger partial charge in [-0.25, -0.2) is 9.37 Å². The second-order valence-electron chi connectivity index (χ2n) is 5.29. The average molecular weight is 360 g/mol. The van der Waals surface area contributed by atoms with Crippen LogP contribution < -0.4 is 16.4 Å². The van der Waals surface area contributed by atoms with Gasteiger partial charge in [-0.1, -0.05) is 12.1 Å². The van der Waals surface area contributed by atoms with Crippen LogP contribution in [0, 0.1) is 12.7 Å². The number of carbonyl (C=O) groups excluding carboxylic acids is 2. The number of hydrogen-bond acceptors (Lipinski definition) is 5. The highest BCUT2D eigenvalue weighted by Gasteiger charge is 2.20. The number of aryl methyl sites for hydroxylation is 2. The quantitative estimate of drug-likeness (QED) is 0.678. The van der Waals surface area contributed by atoms with E-state index in [1.54, 1.807) is 14.0 Å². The first kappa shape index (κ1) is 16.8. The number of nitrogens with one attached hydrogen (secondary N) is 2. The Hall–Kier alpha value is -3.07. The van der Waals surface area contributed by atoms with Crippen LogP contribution in [0.3, 0.4) is 0 Å². The lowest BCUT2D eigenvalue weighted by Crippen LogP contribution is -2.41. The van der Waals surface area contributed by atoms with E-state index >= 15 is 0 Å². The first-order valence-corrected chi connectivity index (χ1v) is 8.01. The maximum atomic E-state index is 13.6. The lowest BCUT2D eigenvalue weighted by atomic mass is 10.2. The highest BCUT2D eigenvalue weighted by Crippen LogP contribution is 2.26. The van der Waals surface area contributed by atoms with Crippen molar-refractivity contribution in [3.8, 4) is 0 Å². The van der Waals surface area contributed by atoms with Gasteiger partial charge in [0.05, 0.1) is 22.2 Å². The topological polar surface area (TPSA) is 93.1 Å². The van der Waals surface area contributed by atoms with Crippen molar-refractivity contribution in [3.05, 3.63) is 62.8 Å². The van der Waals surface area contributed by atoms with Gasteiger partial charge < -0.3 is 4.57 Å². The summed E-state index contributed by atoms with van der Waals surface area (Å²) >= 11 is 1.04. The average Bonchev–Trinajstić information content (AvgIpc) is 2.93. The molecular weight excluding hydrogens is 347 g/mol. The molecular formula is C16H13FN4O3S. The predicted molar refractivity (Wildman–Crippen MR) is 90.9 cm³/mol. The van der Waals surface area contributed by atoms with Crippen molar-refractivity contribution in [2.45, 2.75) is 6.92 Å². The minimum absolute atomic E-state index is 0.189. The van der Waals surface area contributed by atoms with Crippen LogP contribution >= 0.6 is 11.3 Å². The molecule has 0 unspecified atom stereocenters. The Morgan fingerprint density at radius 2 is 1.88 bits per heavy atom. The smallest absolute Gasteiger partial charge is 0.280 e. The molecule has 128 valence electrons. The number of fused-ring (bicyclic) bond motifs is 1. The van der Waals surface area contributed by atoms with Gasteiger partial charge in [-0.2, -0.15) is 0 Å². The lowest BCUT2D eigenvalue weighted by Gasteiger charge is -2.07. The van der Waals surface area contributed by atoms with Crippen molar-refractivity contribution in [1.29, 1.82) is 0 Å². The van der Waals surface area contributed by atoms with E-state index in [1.807, 2.05) is 0 Å². The monoisotopic (exact) mass is 360 g/mol. The Balaban J connectivity index is 1.83. The minimum atomic E-state index is -0.778. The summed E-state index contributed by atoms with van der Waals surface area (Å²) in [5.74, 6) is -2.08. The maximum Gasteiger partial charge on any atom is 0.280 e. The van der Waals surface area contributed by atoms with Crippen LogP contribution in [0.2, 0.25) is 0 Å². The molecule has 2 N–H and O–H groups in total. The molecule has 1 aromatic carbocycles. The zero-order valence-corrected chi connectivity index (χ0v) is 14.1. The SMILES string of the molecule is Cc1c(C(=O)NNC(=O)c2ccccc2F)sc2ncn(C)c(=O)c12. The number of nitrogens with zero attached hydrogens (tertiary/aromatic N) is 2. The van der Waals surface area contributed by atoms with Crippen LogP contribution in [0.25, 0.3) is 10.2 Å². The molecule has 3 rings (SSSR count). The largest absolute Gasteiger partial charge is 0.302 e. The van der Waals surface area contributed by atoms with Crippen LogP contribution in [0.5, 0.6) is 0 Å². The number of amides is 2. The Labute approximate surface area is 145 Å². The molecule has 2 aromatic heterocycles. The molecule has 0 aliphatic carbocycles. The number of hydrazine groups is 1. The Kier molecular flexibility index (Phi) is 4.32. The molecule has 0 aliphatic heterocycles. The highest BCUT2D eigenvalue weighted by atomic mass is 32.1. The summed E-state index contributed by atoms with van der Waals surface area (Å²) in [4.78, 5) is 41.2. The van der Waals surface area contributed by atoms with E-state index in [-0.39, 0.29) is 16.0 Å². The van der Waals surface area contributed by atoms with Gasteiger partial charge in [0.1, 0.15) is 10.6 Å². The number of halogens is 1. The summed E-state index contributed by atoms with van der Waals surface area (Å²) < 4.78 is 14.9. The van der Waals surface area contributed by atoms with E-state index < -0.39 is 17.6 Å². The fraction of sp³-hybridized carbons (Fsp3) is 0.125. The summed E-state index contributed by atoms with van der Waals surface area (Å²) in [5, 5.41) is 0.362. The predicted octanol–water partition coefficient (Wildman–Crippen LogP) is 1.52. The van der Waals surface area contributed by atoms with Crippen molar-refractivity contribution in [2.24, 2.45) is 7.05 Å². The van der Waals surface area contributed by atoms with E-state index in [1.165, 1.54) is 29.1 Å². The van der Waals surface area contributed by atoms with Gasteiger partial charge in [0.25, 0.3) is 17.4 Å². The molecule has 0 saturated carbocycles. The van der Waals surface area contributed by atoms with Gasteiger partial charge >= 0.3 is 0 Å². The summed E-state index contributed by atoms with van der Waals surface area (Å²) in [6.07, 6.45) is 1.38. The third-order valence-corrected chi connectivity index (χ3v) is 4.82. The van der Waals surface area contributed by atoms with E-state index in [9.17, 15) is 18.8 Å². The number of carbonyl (C=O) groups is 2. The number of benzene rings is 1. The van der Waals surface area contributed by atoms with Crippen molar-refractivity contribution in [3.63, 3.8) is 0 Å². The minimum Gasteiger partial charge on any atom is -0.302 e. The number of thiophene rings is 1. The zero-order valence-electron chi connectivity index (χ0n) is 13.3. The molecule has 3 aromatic rings. The van der Waals surface area contributed by atoms with Gasteiger partial charge in [-0.15, -0.1) is 11.3 Å². The molecule has 2 heterocycles. The first-order valence-electron chi connectivity index (χ1n) is 7.20. The summed E-state index contributed by atoms with van der Waals surface area (Å²) in [7, 11) is 1.57. The van der Waals surface area contributed by atoms with Gasteiger partial charge in [-0.05, 0) is 24.6 Å². The van der Waals surface area contributed by atoms with Crippen LogP contribution in [-0.2, 0) is 7.05 Å². The first-order chi connectivity index (χ1) is 11.9. The fourth-order valence-corrected chi connectivity index (χ4v) is 3.34. The van der Waals surface area contributed by atoms with Crippen molar-refractivity contribution >= 4 is 33.4 Å². The van der Waals surface area contributed by atoms with Crippen molar-refractivity contribution in [2.75, 3.05) is 0 Å². The Morgan fingerprint density at radius 3 is 2.60 bits per heavy atom. The van der Waals surface area contributed by atoms with E-state index in [2.05, 4.69) is 15.8 Å². The van der Waals surface area contributed by atoms with Crippen LogP contribution in [0.4, 0.5) is 4.39 Å². The second kappa shape index (κ2) is 6.44. The van der Waals surface area contributed by atoms with Crippen molar-refractivity contribution in [1.82, 2.24) is 20.4 Å². The fourth-order valence-electron chi connectivity index (χ4n) is 2.31. The second-order valence-corrected chi connectivity index (χ2v) is 6.28. The maximum absolute atomic E-state index is 13.6. The van der Waals surface area contributed by atoms with E-state index in [0.29, 0.717) is 15.8 Å². The van der Waals surface area contributed by atoms with Gasteiger partial charge in [-0.3, -0.25) is 25.2 Å². The Morgan fingerprint density at radius 1 is 1.20 bits per heavy atom.